The lowest BCUT2D eigenvalue weighted by Crippen LogP contribution is -2.30. The van der Waals surface area contributed by atoms with E-state index < -0.39 is 0 Å². The van der Waals surface area contributed by atoms with Crippen molar-refractivity contribution >= 4 is 16.5 Å². The molecule has 0 aromatic heterocycles. The lowest BCUT2D eigenvalue weighted by Gasteiger charge is -2.39. The molecule has 1 aliphatic carbocycles. The van der Waals surface area contributed by atoms with Gasteiger partial charge in [0.2, 0.25) is 0 Å². The van der Waals surface area contributed by atoms with Crippen molar-refractivity contribution in [3.05, 3.63) is 114 Å². The van der Waals surface area contributed by atoms with Crippen molar-refractivity contribution in [2.75, 3.05) is 19.0 Å². The first-order valence-corrected chi connectivity index (χ1v) is 12.6. The number of methoxy groups -OCH3 is 1. The van der Waals surface area contributed by atoms with Crippen LogP contribution in [0.5, 0.6) is 11.5 Å². The molecule has 0 fully saturated rings. The van der Waals surface area contributed by atoms with Gasteiger partial charge in [0.15, 0.2) is 0 Å². The monoisotopic (exact) mass is 461 g/mol. The highest BCUT2D eigenvalue weighted by Crippen LogP contribution is 2.54. The van der Waals surface area contributed by atoms with Crippen LogP contribution in [0.2, 0.25) is 0 Å². The van der Waals surface area contributed by atoms with Crippen molar-refractivity contribution in [3.63, 3.8) is 0 Å². The minimum atomic E-state index is 0.137. The molecule has 1 N–H and O–H groups in total. The molecule has 3 nitrogen and oxygen atoms in total. The van der Waals surface area contributed by atoms with Crippen LogP contribution in [-0.2, 0) is 6.42 Å². The fourth-order valence-corrected chi connectivity index (χ4v) is 5.88. The Morgan fingerprint density at radius 2 is 1.71 bits per heavy atom. The van der Waals surface area contributed by atoms with E-state index in [1.54, 1.807) is 7.11 Å². The van der Waals surface area contributed by atoms with Crippen molar-refractivity contribution in [1.29, 1.82) is 0 Å². The van der Waals surface area contributed by atoms with Crippen LogP contribution in [0.4, 0.5) is 5.69 Å². The fraction of sp³-hybridized carbons (Fsp3) is 0.250. The molecule has 3 heteroatoms. The van der Waals surface area contributed by atoms with Gasteiger partial charge in [-0.05, 0) is 59.2 Å². The molecule has 6 rings (SSSR count). The summed E-state index contributed by atoms with van der Waals surface area (Å²) >= 11 is 0. The first-order valence-electron chi connectivity index (χ1n) is 12.6. The number of fused-ring (bicyclic) bond motifs is 4. The second-order valence-corrected chi connectivity index (χ2v) is 9.54. The van der Waals surface area contributed by atoms with Crippen molar-refractivity contribution in [1.82, 2.24) is 0 Å². The number of allylic oxidation sites excluding steroid dienone is 2. The summed E-state index contributed by atoms with van der Waals surface area (Å²) in [5.41, 5.74) is 5.06. The predicted molar refractivity (Wildman–Crippen MR) is 144 cm³/mol. The van der Waals surface area contributed by atoms with Gasteiger partial charge in [0.05, 0.1) is 25.4 Å². The number of aryl methyl sites for hydroxylation is 1. The van der Waals surface area contributed by atoms with Crippen LogP contribution in [0.25, 0.3) is 10.8 Å². The number of ether oxygens (including phenoxy) is 2. The zero-order chi connectivity index (χ0) is 23.6. The summed E-state index contributed by atoms with van der Waals surface area (Å²) in [4.78, 5) is 0. The van der Waals surface area contributed by atoms with Gasteiger partial charge < -0.3 is 14.8 Å². The van der Waals surface area contributed by atoms with Crippen LogP contribution in [0.15, 0.2) is 97.1 Å². The molecule has 0 saturated carbocycles. The Hall–Kier alpha value is -3.72. The van der Waals surface area contributed by atoms with Gasteiger partial charge in [0, 0.05) is 11.5 Å². The Morgan fingerprint density at radius 3 is 2.60 bits per heavy atom. The number of nitrogens with one attached hydrogen (secondary N) is 1. The smallest absolute Gasteiger partial charge is 0.142 e. The maximum absolute atomic E-state index is 6.39. The van der Waals surface area contributed by atoms with Crippen molar-refractivity contribution in [2.24, 2.45) is 5.92 Å². The molecule has 0 radical (unpaired) electrons. The Morgan fingerprint density at radius 1 is 0.857 bits per heavy atom. The van der Waals surface area contributed by atoms with Gasteiger partial charge in [-0.2, -0.15) is 0 Å². The fourth-order valence-electron chi connectivity index (χ4n) is 5.88. The van der Waals surface area contributed by atoms with E-state index in [2.05, 4.69) is 102 Å². The van der Waals surface area contributed by atoms with Crippen LogP contribution in [0, 0.1) is 5.92 Å². The van der Waals surface area contributed by atoms with Gasteiger partial charge in [-0.25, -0.2) is 0 Å². The standard InChI is InChI=1S/C32H31NO2/c1-34-28-20-19-23-13-5-6-14-24(23)30(28)32-27-16-7-15-25(27)26-17-8-18-29(31(26)33-32)35-21-9-12-22-10-3-2-4-11-22/h2-8,10-11,13-15,17-20,25,27,32-33H,9,12,16,21H2,1H3. The normalized spacial score (nSPS) is 20.2. The number of benzene rings is 4. The number of hydrogen-bond donors (Lipinski definition) is 1. The van der Waals surface area contributed by atoms with E-state index in [4.69, 9.17) is 9.47 Å². The molecular formula is C32H31NO2. The van der Waals surface area contributed by atoms with E-state index in [1.807, 2.05) is 0 Å². The number of rotatable bonds is 7. The number of para-hydroxylation sites is 1. The second-order valence-electron chi connectivity index (χ2n) is 9.54. The SMILES string of the molecule is COc1ccc2ccccc2c1C1Nc2c(OCCCc3ccccc3)cccc2C2C=CCC21. The van der Waals surface area contributed by atoms with Gasteiger partial charge >= 0.3 is 0 Å². The summed E-state index contributed by atoms with van der Waals surface area (Å²) in [6.07, 6.45) is 7.78. The molecule has 176 valence electrons. The van der Waals surface area contributed by atoms with Crippen LogP contribution >= 0.6 is 0 Å². The third-order valence-corrected chi connectivity index (χ3v) is 7.53. The summed E-state index contributed by atoms with van der Waals surface area (Å²) < 4.78 is 12.3. The van der Waals surface area contributed by atoms with Gasteiger partial charge in [0.1, 0.15) is 11.5 Å². The summed E-state index contributed by atoms with van der Waals surface area (Å²) in [5, 5.41) is 6.42. The van der Waals surface area contributed by atoms with Crippen LogP contribution < -0.4 is 14.8 Å². The topological polar surface area (TPSA) is 30.5 Å². The molecule has 1 aliphatic heterocycles. The van der Waals surface area contributed by atoms with Gasteiger partial charge in [-0.3, -0.25) is 0 Å². The largest absolute Gasteiger partial charge is 0.496 e. The van der Waals surface area contributed by atoms with E-state index in [1.165, 1.54) is 27.5 Å². The molecule has 2 aliphatic rings. The third kappa shape index (κ3) is 4.05. The molecule has 0 amide bonds. The second kappa shape index (κ2) is 9.50. The van der Waals surface area contributed by atoms with Gasteiger partial charge in [-0.1, -0.05) is 84.9 Å². The van der Waals surface area contributed by atoms with E-state index in [0.717, 1.165) is 36.4 Å². The average molecular weight is 462 g/mol. The molecule has 3 unspecified atom stereocenters. The van der Waals surface area contributed by atoms with Crippen molar-refractivity contribution < 1.29 is 9.47 Å². The predicted octanol–water partition coefficient (Wildman–Crippen LogP) is 7.69. The summed E-state index contributed by atoms with van der Waals surface area (Å²) in [6.45, 7) is 0.694. The Bertz CT molecular complexity index is 1360. The number of hydrogen-bond acceptors (Lipinski definition) is 3. The van der Waals surface area contributed by atoms with Crippen molar-refractivity contribution in [2.45, 2.75) is 31.2 Å². The minimum absolute atomic E-state index is 0.137. The Labute approximate surface area is 207 Å². The highest BCUT2D eigenvalue weighted by atomic mass is 16.5. The highest BCUT2D eigenvalue weighted by molar-refractivity contribution is 5.89. The van der Waals surface area contributed by atoms with Gasteiger partial charge in [-0.15, -0.1) is 0 Å². The number of anilines is 1. The molecule has 3 atom stereocenters. The molecule has 0 spiro atoms. The average Bonchev–Trinajstić information content (AvgIpc) is 3.41. The molecule has 35 heavy (non-hydrogen) atoms. The molecule has 4 aromatic rings. The van der Waals surface area contributed by atoms with E-state index in [-0.39, 0.29) is 6.04 Å². The molecule has 4 aromatic carbocycles. The third-order valence-electron chi connectivity index (χ3n) is 7.53. The van der Waals surface area contributed by atoms with Crippen LogP contribution in [0.1, 0.15) is 41.5 Å². The highest BCUT2D eigenvalue weighted by Gasteiger charge is 2.40. The lowest BCUT2D eigenvalue weighted by atomic mass is 9.75. The van der Waals surface area contributed by atoms with Gasteiger partial charge in [0.25, 0.3) is 0 Å². The van der Waals surface area contributed by atoms with E-state index in [0.29, 0.717) is 18.4 Å². The summed E-state index contributed by atoms with van der Waals surface area (Å²) in [5.74, 6) is 2.69. The quantitative estimate of drug-likeness (QED) is 0.226. The lowest BCUT2D eigenvalue weighted by molar-refractivity contribution is 0.309. The maximum atomic E-state index is 6.39. The summed E-state index contributed by atoms with van der Waals surface area (Å²) in [7, 11) is 1.77. The first-order chi connectivity index (χ1) is 17.3. The van der Waals surface area contributed by atoms with E-state index >= 15 is 0 Å². The Balaban J connectivity index is 1.33. The summed E-state index contributed by atoms with van der Waals surface area (Å²) in [6, 6.07) is 30.1. The maximum Gasteiger partial charge on any atom is 0.142 e. The van der Waals surface area contributed by atoms with E-state index in [9.17, 15) is 0 Å². The first kappa shape index (κ1) is 21.8. The molecule has 1 heterocycles. The minimum Gasteiger partial charge on any atom is -0.496 e. The Kier molecular flexibility index (Phi) is 5.91. The van der Waals surface area contributed by atoms with Crippen LogP contribution in [-0.4, -0.2) is 13.7 Å². The molecule has 0 bridgehead atoms. The zero-order valence-corrected chi connectivity index (χ0v) is 20.1. The van der Waals surface area contributed by atoms with Crippen LogP contribution in [0.3, 0.4) is 0 Å². The molecule has 0 saturated heterocycles. The zero-order valence-electron chi connectivity index (χ0n) is 20.1. The molecular weight excluding hydrogens is 430 g/mol. The van der Waals surface area contributed by atoms with Crippen molar-refractivity contribution in [3.8, 4) is 11.5 Å².